The Labute approximate surface area is 203 Å². The average molecular weight is 493 g/mol. The van der Waals surface area contributed by atoms with Crippen molar-refractivity contribution in [2.24, 2.45) is 5.10 Å². The molecule has 0 spiro atoms. The van der Waals surface area contributed by atoms with Crippen LogP contribution in [0.2, 0.25) is 5.02 Å². The first-order valence-electron chi connectivity index (χ1n) is 9.94. The first-order chi connectivity index (χ1) is 16.4. The third-order valence-corrected chi connectivity index (χ3v) is 5.74. The van der Waals surface area contributed by atoms with E-state index in [0.29, 0.717) is 16.4 Å². The van der Waals surface area contributed by atoms with Crippen molar-refractivity contribution >= 4 is 63.3 Å². The van der Waals surface area contributed by atoms with Crippen LogP contribution in [0.3, 0.4) is 0 Å². The summed E-state index contributed by atoms with van der Waals surface area (Å²) in [5.41, 5.74) is 0.896. The number of anilines is 3. The minimum Gasteiger partial charge on any atom is -0.320 e. The van der Waals surface area contributed by atoms with Gasteiger partial charge < -0.3 is 5.32 Å². The lowest BCUT2D eigenvalue weighted by atomic mass is 10.2. The Morgan fingerprint density at radius 3 is 2.24 bits per heavy atom. The van der Waals surface area contributed by atoms with Gasteiger partial charge in [-0.3, -0.25) is 19.7 Å². The third-order valence-electron chi connectivity index (χ3n) is 4.46. The summed E-state index contributed by atoms with van der Waals surface area (Å²) in [6.45, 7) is 1.26. The van der Waals surface area contributed by atoms with Crippen molar-refractivity contribution in [1.29, 1.82) is 0 Å². The van der Waals surface area contributed by atoms with Crippen LogP contribution in [-0.2, 0) is 14.4 Å². The van der Waals surface area contributed by atoms with Gasteiger partial charge in [-0.25, -0.2) is 15.0 Å². The topological polar surface area (TPSA) is 117 Å². The Balaban J connectivity index is 1.72. The summed E-state index contributed by atoms with van der Waals surface area (Å²) in [6, 6.07) is 17.1. The van der Waals surface area contributed by atoms with Gasteiger partial charge in [0.2, 0.25) is 5.95 Å². The molecule has 2 aromatic carbocycles. The molecule has 1 aromatic heterocycles. The second-order valence-electron chi connectivity index (χ2n) is 6.88. The largest absolute Gasteiger partial charge is 0.320 e. The van der Waals surface area contributed by atoms with Crippen LogP contribution in [0.1, 0.15) is 6.92 Å². The molecule has 2 N–H and O–H groups in total. The van der Waals surface area contributed by atoms with Crippen LogP contribution in [0.4, 0.5) is 17.3 Å². The molecule has 34 heavy (non-hydrogen) atoms. The number of Topliss-reactive ketones (excluding diaryl/α,β-unsaturated/α-hetero) is 1. The van der Waals surface area contributed by atoms with Crippen molar-refractivity contribution in [2.75, 3.05) is 15.6 Å². The average Bonchev–Trinajstić information content (AvgIpc) is 3.25. The highest BCUT2D eigenvalue weighted by Gasteiger charge is 2.34. The van der Waals surface area contributed by atoms with Gasteiger partial charge in [0.05, 0.1) is 5.69 Å². The molecule has 1 aliphatic rings. The van der Waals surface area contributed by atoms with Crippen LogP contribution in [0.15, 0.2) is 88.8 Å². The summed E-state index contributed by atoms with van der Waals surface area (Å²) in [7, 11) is 0. The summed E-state index contributed by atoms with van der Waals surface area (Å²) in [4.78, 5) is 46.5. The maximum atomic E-state index is 13.1. The molecule has 0 bridgehead atoms. The standard InChI is InChI=1S/C23H17ClN6O3S/c1-14(31)18(19(32)28-23-25-12-5-13-26-23)22-30(17-10-8-15(24)9-11-17)29-21(34-22)20(33)27-16-6-3-2-4-7-16/h2-13H,1H3,(H,27,33)(H,25,26,28,32)/b22-18+. The maximum absolute atomic E-state index is 13.1. The Hall–Kier alpha value is -4.02. The van der Waals surface area contributed by atoms with Crippen molar-refractivity contribution in [3.8, 4) is 0 Å². The predicted molar refractivity (Wildman–Crippen MR) is 132 cm³/mol. The number of hydrogen-bond donors (Lipinski definition) is 2. The molecule has 0 atom stereocenters. The number of rotatable bonds is 6. The first-order valence-corrected chi connectivity index (χ1v) is 11.1. The maximum Gasteiger partial charge on any atom is 0.283 e. The Kier molecular flexibility index (Phi) is 7.00. The Morgan fingerprint density at radius 2 is 1.59 bits per heavy atom. The minimum atomic E-state index is -0.722. The van der Waals surface area contributed by atoms with Gasteiger partial charge in [-0.1, -0.05) is 29.8 Å². The molecule has 0 saturated carbocycles. The first kappa shape index (κ1) is 23.1. The molecular weight excluding hydrogens is 476 g/mol. The van der Waals surface area contributed by atoms with Crippen LogP contribution < -0.4 is 15.6 Å². The molecule has 3 aromatic rings. The molecule has 170 valence electrons. The number of amides is 2. The smallest absolute Gasteiger partial charge is 0.283 e. The normalized spacial score (nSPS) is 14.3. The number of carbonyl (C=O) groups excluding carboxylic acids is 3. The summed E-state index contributed by atoms with van der Waals surface area (Å²) in [6.07, 6.45) is 2.92. The van der Waals surface area contributed by atoms with E-state index in [1.807, 2.05) is 6.07 Å². The molecule has 2 amide bonds. The summed E-state index contributed by atoms with van der Waals surface area (Å²) >= 11 is 6.92. The van der Waals surface area contributed by atoms with Gasteiger partial charge in [-0.15, -0.1) is 0 Å². The van der Waals surface area contributed by atoms with E-state index >= 15 is 0 Å². The zero-order chi connectivity index (χ0) is 24.1. The third kappa shape index (κ3) is 5.30. The van der Waals surface area contributed by atoms with Gasteiger partial charge in [-0.05, 0) is 61.2 Å². The van der Waals surface area contributed by atoms with E-state index in [-0.39, 0.29) is 21.6 Å². The zero-order valence-electron chi connectivity index (χ0n) is 17.7. The highest BCUT2D eigenvalue weighted by atomic mass is 35.5. The van der Waals surface area contributed by atoms with Crippen LogP contribution in [0.5, 0.6) is 0 Å². The number of hydrazone groups is 1. The Bertz CT molecular complexity index is 1300. The Morgan fingerprint density at radius 1 is 0.912 bits per heavy atom. The number of hydrogen-bond acceptors (Lipinski definition) is 8. The molecule has 9 nitrogen and oxygen atoms in total. The van der Waals surface area contributed by atoms with Crippen molar-refractivity contribution in [2.45, 2.75) is 6.92 Å². The fraction of sp³-hybridized carbons (Fsp3) is 0.0435. The molecule has 0 radical (unpaired) electrons. The van der Waals surface area contributed by atoms with E-state index in [2.05, 4.69) is 25.7 Å². The van der Waals surface area contributed by atoms with Crippen LogP contribution >= 0.6 is 23.4 Å². The summed E-state index contributed by atoms with van der Waals surface area (Å²) < 4.78 is 0. The fourth-order valence-electron chi connectivity index (χ4n) is 2.94. The van der Waals surface area contributed by atoms with Crippen LogP contribution in [0.25, 0.3) is 0 Å². The summed E-state index contributed by atoms with van der Waals surface area (Å²) in [5.74, 6) is -1.69. The molecular formula is C23H17ClN6O3S. The van der Waals surface area contributed by atoms with E-state index in [1.165, 1.54) is 24.3 Å². The molecule has 4 rings (SSSR count). The lowest BCUT2D eigenvalue weighted by molar-refractivity contribution is -0.119. The van der Waals surface area contributed by atoms with E-state index in [9.17, 15) is 14.4 Å². The molecule has 11 heteroatoms. The van der Waals surface area contributed by atoms with E-state index in [4.69, 9.17) is 11.6 Å². The van der Waals surface area contributed by atoms with Gasteiger partial charge in [0.15, 0.2) is 10.8 Å². The van der Waals surface area contributed by atoms with Crippen molar-refractivity contribution in [3.05, 3.63) is 88.7 Å². The molecule has 0 unspecified atom stereocenters. The number of nitrogens with one attached hydrogen (secondary N) is 2. The van der Waals surface area contributed by atoms with Crippen LogP contribution in [-0.4, -0.2) is 32.6 Å². The molecule has 2 heterocycles. The number of aromatic nitrogens is 2. The number of ketones is 1. The lowest BCUT2D eigenvalue weighted by Gasteiger charge is -2.18. The highest BCUT2D eigenvalue weighted by Crippen LogP contribution is 2.38. The van der Waals surface area contributed by atoms with Crippen molar-refractivity contribution < 1.29 is 14.4 Å². The van der Waals surface area contributed by atoms with Gasteiger partial charge in [0.1, 0.15) is 10.6 Å². The number of para-hydroxylation sites is 1. The minimum absolute atomic E-state index is 0.0378. The van der Waals surface area contributed by atoms with Gasteiger partial charge in [-0.2, -0.15) is 5.10 Å². The molecule has 0 fully saturated rings. The van der Waals surface area contributed by atoms with Crippen LogP contribution in [0, 0.1) is 0 Å². The lowest BCUT2D eigenvalue weighted by Crippen LogP contribution is -2.25. The number of thioether (sulfide) groups is 1. The van der Waals surface area contributed by atoms with Gasteiger partial charge in [0, 0.05) is 23.1 Å². The summed E-state index contributed by atoms with van der Waals surface area (Å²) in [5, 5.41) is 11.7. The predicted octanol–water partition coefficient (Wildman–Crippen LogP) is 4.07. The van der Waals surface area contributed by atoms with Crippen molar-refractivity contribution in [3.63, 3.8) is 0 Å². The molecule has 1 aliphatic heterocycles. The molecule has 0 saturated heterocycles. The quantitative estimate of drug-likeness (QED) is 0.302. The van der Waals surface area contributed by atoms with Gasteiger partial charge in [0.25, 0.3) is 11.8 Å². The van der Waals surface area contributed by atoms with E-state index < -0.39 is 17.6 Å². The van der Waals surface area contributed by atoms with E-state index in [0.717, 1.165) is 11.8 Å². The monoisotopic (exact) mass is 492 g/mol. The number of carbonyl (C=O) groups is 3. The second kappa shape index (κ2) is 10.3. The van der Waals surface area contributed by atoms with E-state index in [1.54, 1.807) is 54.6 Å². The number of benzene rings is 2. The SMILES string of the molecule is CC(=O)/C(C(=O)Nc1ncccn1)=C1\SC(C(=O)Nc2ccccc2)=NN1c1ccc(Cl)cc1. The second-order valence-corrected chi connectivity index (χ2v) is 8.29. The van der Waals surface area contributed by atoms with Crippen molar-refractivity contribution in [1.82, 2.24) is 9.97 Å². The zero-order valence-corrected chi connectivity index (χ0v) is 19.3. The number of nitrogens with zero attached hydrogens (tertiary/aromatic N) is 4. The highest BCUT2D eigenvalue weighted by molar-refractivity contribution is 8.19. The number of halogens is 1. The fourth-order valence-corrected chi connectivity index (χ4v) is 4.09. The molecule has 0 aliphatic carbocycles. The van der Waals surface area contributed by atoms with Gasteiger partial charge >= 0.3 is 0 Å².